The molecule has 2 N–H and O–H groups in total. The molecule has 1 atom stereocenters. The van der Waals surface area contributed by atoms with E-state index in [0.29, 0.717) is 0 Å². The molecule has 84 valence electrons. The van der Waals surface area contributed by atoms with Gasteiger partial charge in [0.05, 0.1) is 0 Å². The van der Waals surface area contributed by atoms with Gasteiger partial charge in [-0.1, -0.05) is 0 Å². The lowest BCUT2D eigenvalue weighted by atomic mass is 9.92. The highest BCUT2D eigenvalue weighted by molar-refractivity contribution is 7.99. The Morgan fingerprint density at radius 3 is 2.80 bits per heavy atom. The molecule has 3 heteroatoms. The number of thioether (sulfide) groups is 1. The molecule has 1 aromatic rings. The SMILES string of the molecule is Cc1cc(C(N)CC2CCSCC2)cs1. The van der Waals surface area contributed by atoms with E-state index in [4.69, 9.17) is 5.73 Å². The molecule has 1 aromatic heterocycles. The average molecular weight is 241 g/mol. The normalized spacial score (nSPS) is 20.4. The standard InChI is InChI=1S/C12H19NS2/c1-9-6-11(8-15-9)12(13)7-10-2-4-14-5-3-10/h6,8,10,12H,2-5,7,13H2,1H3. The van der Waals surface area contributed by atoms with Crippen molar-refractivity contribution in [2.75, 3.05) is 11.5 Å². The number of aryl methyl sites for hydroxylation is 1. The van der Waals surface area contributed by atoms with E-state index in [9.17, 15) is 0 Å². The number of hydrogen-bond donors (Lipinski definition) is 1. The summed E-state index contributed by atoms with van der Waals surface area (Å²) in [4.78, 5) is 1.37. The molecular formula is C12H19NS2. The smallest absolute Gasteiger partial charge is 0.0305 e. The first-order valence-electron chi connectivity index (χ1n) is 5.64. The van der Waals surface area contributed by atoms with Gasteiger partial charge in [-0.05, 0) is 60.6 Å². The van der Waals surface area contributed by atoms with Crippen LogP contribution in [-0.4, -0.2) is 11.5 Å². The zero-order chi connectivity index (χ0) is 10.7. The fourth-order valence-electron chi connectivity index (χ4n) is 2.14. The van der Waals surface area contributed by atoms with Gasteiger partial charge in [-0.25, -0.2) is 0 Å². The number of thiophene rings is 1. The van der Waals surface area contributed by atoms with Crippen LogP contribution in [-0.2, 0) is 0 Å². The van der Waals surface area contributed by atoms with E-state index in [-0.39, 0.29) is 6.04 Å². The maximum atomic E-state index is 6.24. The Morgan fingerprint density at radius 2 is 2.20 bits per heavy atom. The van der Waals surface area contributed by atoms with Crippen LogP contribution in [0.2, 0.25) is 0 Å². The summed E-state index contributed by atoms with van der Waals surface area (Å²) in [6, 6.07) is 2.51. The molecule has 1 unspecified atom stereocenters. The molecule has 0 radical (unpaired) electrons. The van der Waals surface area contributed by atoms with E-state index in [2.05, 4.69) is 30.1 Å². The van der Waals surface area contributed by atoms with Crippen LogP contribution in [0.25, 0.3) is 0 Å². The topological polar surface area (TPSA) is 26.0 Å². The summed E-state index contributed by atoms with van der Waals surface area (Å²) in [6.45, 7) is 2.15. The lowest BCUT2D eigenvalue weighted by Crippen LogP contribution is -2.18. The predicted octanol–water partition coefficient (Wildman–Crippen LogP) is 3.59. The molecule has 15 heavy (non-hydrogen) atoms. The van der Waals surface area contributed by atoms with Crippen LogP contribution < -0.4 is 5.73 Å². The molecule has 0 bridgehead atoms. The molecule has 0 aromatic carbocycles. The third kappa shape index (κ3) is 3.23. The van der Waals surface area contributed by atoms with Crippen LogP contribution in [0.5, 0.6) is 0 Å². The molecule has 2 heterocycles. The fraction of sp³-hybridized carbons (Fsp3) is 0.667. The van der Waals surface area contributed by atoms with Crippen LogP contribution in [0.4, 0.5) is 0 Å². The van der Waals surface area contributed by atoms with E-state index < -0.39 is 0 Å². The quantitative estimate of drug-likeness (QED) is 0.875. The first-order chi connectivity index (χ1) is 7.25. The Hall–Kier alpha value is 0.01000. The van der Waals surface area contributed by atoms with Crippen LogP contribution in [0, 0.1) is 12.8 Å². The second-order valence-corrected chi connectivity index (χ2v) is 6.73. The molecule has 0 spiro atoms. The zero-order valence-electron chi connectivity index (χ0n) is 9.24. The van der Waals surface area contributed by atoms with Gasteiger partial charge in [0.2, 0.25) is 0 Å². The van der Waals surface area contributed by atoms with Crippen molar-refractivity contribution >= 4 is 23.1 Å². The van der Waals surface area contributed by atoms with Crippen molar-refractivity contribution in [1.82, 2.24) is 0 Å². The van der Waals surface area contributed by atoms with Crippen molar-refractivity contribution < 1.29 is 0 Å². The third-order valence-corrected chi connectivity index (χ3v) is 5.04. The van der Waals surface area contributed by atoms with E-state index in [1.165, 1.54) is 41.2 Å². The van der Waals surface area contributed by atoms with Gasteiger partial charge in [0.1, 0.15) is 0 Å². The summed E-state index contributed by atoms with van der Waals surface area (Å²) in [5, 5.41) is 2.22. The molecule has 0 aliphatic carbocycles. The highest BCUT2D eigenvalue weighted by atomic mass is 32.2. The summed E-state index contributed by atoms with van der Waals surface area (Å²) in [6.07, 6.45) is 3.90. The average Bonchev–Trinajstić information content (AvgIpc) is 2.66. The maximum Gasteiger partial charge on any atom is 0.0305 e. The van der Waals surface area contributed by atoms with Crippen LogP contribution in [0.3, 0.4) is 0 Å². The fourth-order valence-corrected chi connectivity index (χ4v) is 4.11. The van der Waals surface area contributed by atoms with Gasteiger partial charge < -0.3 is 5.73 Å². The summed E-state index contributed by atoms with van der Waals surface area (Å²) >= 11 is 3.90. The Kier molecular flexibility index (Phi) is 4.12. The lowest BCUT2D eigenvalue weighted by molar-refractivity contribution is 0.413. The minimum atomic E-state index is 0.267. The Labute approximate surface area is 100 Å². The van der Waals surface area contributed by atoms with Crippen LogP contribution in [0.1, 0.15) is 35.7 Å². The monoisotopic (exact) mass is 241 g/mol. The Bertz CT molecular complexity index is 302. The minimum Gasteiger partial charge on any atom is -0.324 e. The second-order valence-electron chi connectivity index (χ2n) is 4.39. The predicted molar refractivity (Wildman–Crippen MR) is 70.7 cm³/mol. The first-order valence-corrected chi connectivity index (χ1v) is 7.67. The summed E-state index contributed by atoms with van der Waals surface area (Å²) in [5.41, 5.74) is 7.58. The molecule has 2 rings (SSSR count). The van der Waals surface area contributed by atoms with Crippen molar-refractivity contribution in [3.63, 3.8) is 0 Å². The second kappa shape index (κ2) is 5.37. The Morgan fingerprint density at radius 1 is 1.47 bits per heavy atom. The zero-order valence-corrected chi connectivity index (χ0v) is 10.9. The molecular weight excluding hydrogens is 222 g/mol. The highest BCUT2D eigenvalue weighted by Crippen LogP contribution is 2.31. The molecule has 1 nitrogen and oxygen atoms in total. The molecule has 1 fully saturated rings. The first kappa shape index (κ1) is 11.5. The van der Waals surface area contributed by atoms with E-state index in [1.807, 2.05) is 11.3 Å². The van der Waals surface area contributed by atoms with E-state index >= 15 is 0 Å². The molecule has 1 aliphatic heterocycles. The van der Waals surface area contributed by atoms with Crippen molar-refractivity contribution in [3.8, 4) is 0 Å². The lowest BCUT2D eigenvalue weighted by Gasteiger charge is -2.23. The number of rotatable bonds is 3. The van der Waals surface area contributed by atoms with Gasteiger partial charge in [-0.15, -0.1) is 11.3 Å². The maximum absolute atomic E-state index is 6.24. The van der Waals surface area contributed by atoms with E-state index in [1.54, 1.807) is 0 Å². The molecule has 1 saturated heterocycles. The van der Waals surface area contributed by atoms with Crippen molar-refractivity contribution in [2.24, 2.45) is 11.7 Å². The summed E-state index contributed by atoms with van der Waals surface area (Å²) in [7, 11) is 0. The van der Waals surface area contributed by atoms with Gasteiger partial charge in [-0.2, -0.15) is 11.8 Å². The van der Waals surface area contributed by atoms with Gasteiger partial charge in [0.25, 0.3) is 0 Å². The number of nitrogens with two attached hydrogens (primary N) is 1. The summed E-state index contributed by atoms with van der Waals surface area (Å²) in [5.74, 6) is 3.53. The van der Waals surface area contributed by atoms with Crippen LogP contribution in [0.15, 0.2) is 11.4 Å². The van der Waals surface area contributed by atoms with Gasteiger partial charge in [-0.3, -0.25) is 0 Å². The summed E-state index contributed by atoms with van der Waals surface area (Å²) < 4.78 is 0. The Balaban J connectivity index is 1.88. The van der Waals surface area contributed by atoms with Crippen LogP contribution >= 0.6 is 23.1 Å². The molecule has 0 saturated carbocycles. The molecule has 0 amide bonds. The van der Waals surface area contributed by atoms with Crippen molar-refractivity contribution in [1.29, 1.82) is 0 Å². The van der Waals surface area contributed by atoms with Crippen molar-refractivity contribution in [3.05, 3.63) is 21.9 Å². The number of hydrogen-bond acceptors (Lipinski definition) is 3. The largest absolute Gasteiger partial charge is 0.324 e. The van der Waals surface area contributed by atoms with Gasteiger partial charge in [0.15, 0.2) is 0 Å². The van der Waals surface area contributed by atoms with E-state index in [0.717, 1.165) is 5.92 Å². The van der Waals surface area contributed by atoms with Gasteiger partial charge >= 0.3 is 0 Å². The highest BCUT2D eigenvalue weighted by Gasteiger charge is 2.18. The third-order valence-electron chi connectivity index (χ3n) is 3.11. The van der Waals surface area contributed by atoms with Crippen molar-refractivity contribution in [2.45, 2.75) is 32.2 Å². The molecule has 1 aliphatic rings. The minimum absolute atomic E-state index is 0.267. The van der Waals surface area contributed by atoms with Gasteiger partial charge in [0, 0.05) is 10.9 Å².